The first-order valence-corrected chi connectivity index (χ1v) is 7.19. The van der Waals surface area contributed by atoms with Crippen molar-refractivity contribution >= 4 is 17.5 Å². The van der Waals surface area contributed by atoms with E-state index in [2.05, 4.69) is 5.32 Å². The predicted octanol–water partition coefficient (Wildman–Crippen LogP) is 2.50. The van der Waals surface area contributed by atoms with Crippen molar-refractivity contribution in [3.05, 3.63) is 65.7 Å². The Bertz CT molecular complexity index is 750. The van der Waals surface area contributed by atoms with E-state index < -0.39 is 29.1 Å². The van der Waals surface area contributed by atoms with Crippen molar-refractivity contribution in [1.82, 2.24) is 5.32 Å². The van der Waals surface area contributed by atoms with E-state index in [9.17, 15) is 18.4 Å². The van der Waals surface area contributed by atoms with Gasteiger partial charge < -0.3 is 10.2 Å². The minimum atomic E-state index is -1.21. The second kappa shape index (κ2) is 6.16. The first kappa shape index (κ1) is 15.1. The number of halogens is 2. The second-order valence-corrected chi connectivity index (χ2v) is 5.24. The summed E-state index contributed by atoms with van der Waals surface area (Å²) in [6.07, 6.45) is 0.413. The van der Waals surface area contributed by atoms with Gasteiger partial charge in [0, 0.05) is 12.2 Å². The van der Waals surface area contributed by atoms with Gasteiger partial charge in [-0.2, -0.15) is 0 Å². The number of nitrogens with zero attached hydrogens (tertiary/aromatic N) is 1. The van der Waals surface area contributed by atoms with Gasteiger partial charge in [-0.25, -0.2) is 8.78 Å². The monoisotopic (exact) mass is 316 g/mol. The van der Waals surface area contributed by atoms with Gasteiger partial charge in [-0.15, -0.1) is 0 Å². The van der Waals surface area contributed by atoms with Crippen LogP contribution in [-0.4, -0.2) is 24.4 Å². The molecule has 1 aliphatic rings. The lowest BCUT2D eigenvalue weighted by molar-refractivity contribution is -0.118. The smallest absolute Gasteiger partial charge is 0.255 e. The molecule has 3 rings (SSSR count). The maximum absolute atomic E-state index is 13.6. The zero-order valence-corrected chi connectivity index (χ0v) is 12.1. The van der Waals surface area contributed by atoms with E-state index in [1.165, 1.54) is 12.1 Å². The van der Waals surface area contributed by atoms with Crippen LogP contribution in [0.15, 0.2) is 48.5 Å². The van der Waals surface area contributed by atoms with Crippen LogP contribution in [0.5, 0.6) is 0 Å². The molecule has 0 spiro atoms. The molecule has 0 bridgehead atoms. The van der Waals surface area contributed by atoms with Gasteiger partial charge in [0.25, 0.3) is 5.91 Å². The van der Waals surface area contributed by atoms with Crippen LogP contribution in [0.4, 0.5) is 14.5 Å². The molecule has 1 saturated heterocycles. The zero-order chi connectivity index (χ0) is 16.4. The van der Waals surface area contributed by atoms with E-state index in [4.69, 9.17) is 0 Å². The Morgan fingerprint density at radius 1 is 1.09 bits per heavy atom. The van der Waals surface area contributed by atoms with Gasteiger partial charge in [-0.3, -0.25) is 9.59 Å². The van der Waals surface area contributed by atoms with Crippen molar-refractivity contribution in [2.45, 2.75) is 12.5 Å². The molecule has 1 unspecified atom stereocenters. The molecule has 0 aromatic heterocycles. The Hall–Kier alpha value is -2.76. The molecular formula is C17H14F2N2O2. The Morgan fingerprint density at radius 3 is 2.57 bits per heavy atom. The summed E-state index contributed by atoms with van der Waals surface area (Å²) < 4.78 is 26.8. The Morgan fingerprint density at radius 2 is 1.83 bits per heavy atom. The maximum Gasteiger partial charge on any atom is 0.255 e. The lowest BCUT2D eigenvalue weighted by Crippen LogP contribution is -2.41. The molecule has 118 valence electrons. The van der Waals surface area contributed by atoms with Crippen LogP contribution < -0.4 is 10.2 Å². The standard InChI is InChI=1S/C17H14F2N2O2/c18-13-8-4-7-12(15(13)19)16(22)20-14-9-10-21(17(14)23)11-5-2-1-3-6-11/h1-8,14H,9-10H2,(H,20,22). The fourth-order valence-corrected chi connectivity index (χ4v) is 2.59. The molecule has 2 aromatic rings. The molecule has 4 nitrogen and oxygen atoms in total. The topological polar surface area (TPSA) is 49.4 Å². The summed E-state index contributed by atoms with van der Waals surface area (Å²) in [6.45, 7) is 0.458. The van der Waals surface area contributed by atoms with Crippen molar-refractivity contribution in [1.29, 1.82) is 0 Å². The summed E-state index contributed by atoms with van der Waals surface area (Å²) in [5.74, 6) is -3.37. The van der Waals surface area contributed by atoms with E-state index in [1.807, 2.05) is 18.2 Å². The number of hydrogen-bond donors (Lipinski definition) is 1. The zero-order valence-electron chi connectivity index (χ0n) is 12.1. The number of anilines is 1. The average molecular weight is 316 g/mol. The quantitative estimate of drug-likeness (QED) is 0.946. The number of rotatable bonds is 3. The van der Waals surface area contributed by atoms with Crippen molar-refractivity contribution < 1.29 is 18.4 Å². The summed E-state index contributed by atoms with van der Waals surface area (Å²) in [6, 6.07) is 11.7. The Labute approximate surface area is 131 Å². The van der Waals surface area contributed by atoms with Crippen molar-refractivity contribution in [3.8, 4) is 0 Å². The van der Waals surface area contributed by atoms with E-state index in [0.717, 1.165) is 11.8 Å². The van der Waals surface area contributed by atoms with E-state index >= 15 is 0 Å². The van der Waals surface area contributed by atoms with Crippen molar-refractivity contribution in [3.63, 3.8) is 0 Å². The highest BCUT2D eigenvalue weighted by Gasteiger charge is 2.34. The molecule has 2 aromatic carbocycles. The molecule has 2 amide bonds. The molecule has 0 saturated carbocycles. The Balaban J connectivity index is 1.73. The highest BCUT2D eigenvalue weighted by molar-refractivity contribution is 6.03. The first-order valence-electron chi connectivity index (χ1n) is 7.19. The highest BCUT2D eigenvalue weighted by atomic mass is 19.2. The predicted molar refractivity (Wildman–Crippen MR) is 81.0 cm³/mol. The second-order valence-electron chi connectivity index (χ2n) is 5.24. The van der Waals surface area contributed by atoms with Gasteiger partial charge in [0.1, 0.15) is 6.04 Å². The van der Waals surface area contributed by atoms with Crippen LogP contribution in [0, 0.1) is 11.6 Å². The molecule has 1 aliphatic heterocycles. The maximum atomic E-state index is 13.6. The van der Waals surface area contributed by atoms with Crippen LogP contribution in [0.25, 0.3) is 0 Å². The average Bonchev–Trinajstić information content (AvgIpc) is 2.91. The van der Waals surface area contributed by atoms with E-state index in [0.29, 0.717) is 13.0 Å². The fraction of sp³-hybridized carbons (Fsp3) is 0.176. The van der Waals surface area contributed by atoms with E-state index in [-0.39, 0.29) is 5.91 Å². The number of carbonyl (C=O) groups excluding carboxylic acids is 2. The number of carbonyl (C=O) groups is 2. The molecule has 6 heteroatoms. The summed E-state index contributed by atoms with van der Waals surface area (Å²) in [5.41, 5.74) is 0.335. The molecule has 0 radical (unpaired) electrons. The van der Waals surface area contributed by atoms with Gasteiger partial charge in [0.15, 0.2) is 11.6 Å². The third kappa shape index (κ3) is 2.92. The van der Waals surface area contributed by atoms with Crippen LogP contribution in [0.1, 0.15) is 16.8 Å². The van der Waals surface area contributed by atoms with Gasteiger partial charge in [0.2, 0.25) is 5.91 Å². The Kier molecular flexibility index (Phi) is 4.06. The summed E-state index contributed by atoms with van der Waals surface area (Å²) >= 11 is 0. The third-order valence-electron chi connectivity index (χ3n) is 3.77. The molecule has 1 heterocycles. The van der Waals surface area contributed by atoms with Gasteiger partial charge in [-0.1, -0.05) is 24.3 Å². The highest BCUT2D eigenvalue weighted by Crippen LogP contribution is 2.21. The van der Waals surface area contributed by atoms with Crippen LogP contribution in [0.3, 0.4) is 0 Å². The van der Waals surface area contributed by atoms with E-state index in [1.54, 1.807) is 17.0 Å². The molecule has 23 heavy (non-hydrogen) atoms. The fourth-order valence-electron chi connectivity index (χ4n) is 2.59. The number of para-hydroxylation sites is 1. The van der Waals surface area contributed by atoms with Crippen molar-refractivity contribution in [2.75, 3.05) is 11.4 Å². The van der Waals surface area contributed by atoms with Crippen molar-refractivity contribution in [2.24, 2.45) is 0 Å². The molecule has 1 N–H and O–H groups in total. The number of hydrogen-bond acceptors (Lipinski definition) is 2. The third-order valence-corrected chi connectivity index (χ3v) is 3.77. The van der Waals surface area contributed by atoms with Gasteiger partial charge >= 0.3 is 0 Å². The molecule has 0 aliphatic carbocycles. The molecular weight excluding hydrogens is 302 g/mol. The first-order chi connectivity index (χ1) is 11.1. The van der Waals surface area contributed by atoms with Crippen LogP contribution in [-0.2, 0) is 4.79 Å². The molecule has 1 atom stereocenters. The number of nitrogens with one attached hydrogen (secondary N) is 1. The summed E-state index contributed by atoms with van der Waals surface area (Å²) in [5, 5.41) is 2.48. The number of amides is 2. The summed E-state index contributed by atoms with van der Waals surface area (Å²) in [7, 11) is 0. The summed E-state index contributed by atoms with van der Waals surface area (Å²) in [4.78, 5) is 26.0. The van der Waals surface area contributed by atoms with Crippen LogP contribution >= 0.6 is 0 Å². The lowest BCUT2D eigenvalue weighted by Gasteiger charge is -2.17. The SMILES string of the molecule is O=C(NC1CCN(c2ccccc2)C1=O)c1cccc(F)c1F. The largest absolute Gasteiger partial charge is 0.340 e. The number of benzene rings is 2. The molecule has 1 fully saturated rings. The normalized spacial score (nSPS) is 17.4. The van der Waals surface area contributed by atoms with Gasteiger partial charge in [-0.05, 0) is 30.7 Å². The minimum absolute atomic E-state index is 0.263. The van der Waals surface area contributed by atoms with Gasteiger partial charge in [0.05, 0.1) is 5.56 Å². The van der Waals surface area contributed by atoms with Crippen LogP contribution in [0.2, 0.25) is 0 Å². The minimum Gasteiger partial charge on any atom is -0.340 e. The lowest BCUT2D eigenvalue weighted by atomic mass is 10.1.